The molecule has 6 nitrogen and oxygen atoms in total. The number of aliphatic hydroxyl groups excluding tert-OH is 1. The van der Waals surface area contributed by atoms with Gasteiger partial charge in [0.15, 0.2) is 0 Å². The van der Waals surface area contributed by atoms with E-state index in [-0.39, 0.29) is 13.0 Å². The van der Waals surface area contributed by atoms with Crippen molar-refractivity contribution in [2.24, 2.45) is 7.05 Å². The van der Waals surface area contributed by atoms with Crippen LogP contribution in [0, 0.1) is 0 Å². The molecule has 2 aromatic rings. The largest absolute Gasteiger partial charge is 0.418 e. The van der Waals surface area contributed by atoms with E-state index in [2.05, 4.69) is 5.32 Å². The molecule has 2 amide bonds. The second-order valence-corrected chi connectivity index (χ2v) is 5.60. The predicted molar refractivity (Wildman–Crippen MR) is 88.1 cm³/mol. The maximum absolute atomic E-state index is 12.9. The number of benzene rings is 1. The minimum Gasteiger partial charge on any atom is -0.387 e. The summed E-state index contributed by atoms with van der Waals surface area (Å²) in [5.41, 5.74) is -0.896. The van der Waals surface area contributed by atoms with Gasteiger partial charge in [-0.15, -0.1) is 0 Å². The van der Waals surface area contributed by atoms with E-state index in [1.807, 2.05) is 5.32 Å². The highest BCUT2D eigenvalue weighted by Crippen LogP contribution is 2.34. The fourth-order valence-electron chi connectivity index (χ4n) is 2.39. The SMILES string of the molecule is Cn1cccc1C(O)CCNC(=O)C(=O)Nc1ccccc1C(F)(F)F. The van der Waals surface area contributed by atoms with Crippen molar-refractivity contribution in [3.05, 3.63) is 53.9 Å². The third-order valence-corrected chi connectivity index (χ3v) is 3.72. The summed E-state index contributed by atoms with van der Waals surface area (Å²) in [7, 11) is 1.75. The summed E-state index contributed by atoms with van der Waals surface area (Å²) >= 11 is 0. The van der Waals surface area contributed by atoms with Gasteiger partial charge in [-0.25, -0.2) is 0 Å². The number of hydrogen-bond acceptors (Lipinski definition) is 3. The molecule has 0 aliphatic rings. The predicted octanol–water partition coefficient (Wildman–Crippen LogP) is 2.22. The first-order valence-corrected chi connectivity index (χ1v) is 7.75. The molecule has 1 atom stereocenters. The Morgan fingerprint density at radius 1 is 1.15 bits per heavy atom. The van der Waals surface area contributed by atoms with Gasteiger partial charge in [-0.2, -0.15) is 13.2 Å². The number of nitrogens with zero attached hydrogens (tertiary/aromatic N) is 1. The van der Waals surface area contributed by atoms with Gasteiger partial charge in [-0.05, 0) is 30.7 Å². The highest BCUT2D eigenvalue weighted by Gasteiger charge is 2.34. The van der Waals surface area contributed by atoms with Crippen molar-refractivity contribution in [3.8, 4) is 0 Å². The van der Waals surface area contributed by atoms with Crippen molar-refractivity contribution in [3.63, 3.8) is 0 Å². The number of anilines is 1. The first-order valence-electron chi connectivity index (χ1n) is 7.75. The first kappa shape index (κ1) is 19.5. The standard InChI is InChI=1S/C17H18F3N3O3/c1-23-10-4-7-13(23)14(24)8-9-21-15(25)16(26)22-12-6-3-2-5-11(12)17(18,19)20/h2-7,10,14,24H,8-9H2,1H3,(H,21,25)(H,22,26). The molecule has 26 heavy (non-hydrogen) atoms. The molecule has 1 aromatic carbocycles. The third-order valence-electron chi connectivity index (χ3n) is 3.72. The number of rotatable bonds is 5. The Balaban J connectivity index is 1.89. The van der Waals surface area contributed by atoms with Crippen LogP contribution in [0.4, 0.5) is 18.9 Å². The fraction of sp³-hybridized carbons (Fsp3) is 0.294. The molecule has 0 spiro atoms. The zero-order valence-electron chi connectivity index (χ0n) is 13.9. The molecule has 0 saturated heterocycles. The molecule has 3 N–H and O–H groups in total. The maximum atomic E-state index is 12.9. The van der Waals surface area contributed by atoms with Gasteiger partial charge in [0.2, 0.25) is 0 Å². The van der Waals surface area contributed by atoms with Crippen LogP contribution in [0.25, 0.3) is 0 Å². The lowest BCUT2D eigenvalue weighted by molar-refractivity contribution is -0.138. The zero-order valence-corrected chi connectivity index (χ0v) is 13.9. The number of aryl methyl sites for hydroxylation is 1. The Bertz CT molecular complexity index is 787. The smallest absolute Gasteiger partial charge is 0.387 e. The summed E-state index contributed by atoms with van der Waals surface area (Å²) in [6.45, 7) is -0.0144. The lowest BCUT2D eigenvalue weighted by Crippen LogP contribution is -2.36. The summed E-state index contributed by atoms with van der Waals surface area (Å²) in [6.07, 6.45) is -3.59. The summed E-state index contributed by atoms with van der Waals surface area (Å²) in [4.78, 5) is 23.5. The van der Waals surface area contributed by atoms with E-state index >= 15 is 0 Å². The number of amides is 2. The van der Waals surface area contributed by atoms with Gasteiger partial charge in [0.25, 0.3) is 0 Å². The topological polar surface area (TPSA) is 83.4 Å². The summed E-state index contributed by atoms with van der Waals surface area (Å²) in [5.74, 6) is -2.30. The van der Waals surface area contributed by atoms with Crippen LogP contribution in [-0.4, -0.2) is 28.0 Å². The van der Waals surface area contributed by atoms with Crippen LogP contribution < -0.4 is 10.6 Å². The monoisotopic (exact) mass is 369 g/mol. The maximum Gasteiger partial charge on any atom is 0.418 e. The van der Waals surface area contributed by atoms with Gasteiger partial charge >= 0.3 is 18.0 Å². The van der Waals surface area contributed by atoms with Crippen molar-refractivity contribution >= 4 is 17.5 Å². The Labute approximate surface area is 147 Å². The van der Waals surface area contributed by atoms with E-state index in [9.17, 15) is 27.9 Å². The van der Waals surface area contributed by atoms with Gasteiger partial charge in [-0.3, -0.25) is 9.59 Å². The number of halogens is 3. The molecule has 0 bridgehead atoms. The van der Waals surface area contributed by atoms with Gasteiger partial charge in [0, 0.05) is 25.5 Å². The second-order valence-electron chi connectivity index (χ2n) is 5.60. The van der Waals surface area contributed by atoms with Crippen LogP contribution in [0.1, 0.15) is 23.8 Å². The van der Waals surface area contributed by atoms with Crippen LogP contribution in [0.15, 0.2) is 42.6 Å². The van der Waals surface area contributed by atoms with Crippen LogP contribution in [0.3, 0.4) is 0 Å². The van der Waals surface area contributed by atoms with Gasteiger partial charge in [0.05, 0.1) is 17.4 Å². The fourth-order valence-corrected chi connectivity index (χ4v) is 2.39. The third kappa shape index (κ3) is 4.85. The number of carbonyl (C=O) groups is 2. The quantitative estimate of drug-likeness (QED) is 0.707. The number of alkyl halides is 3. The highest BCUT2D eigenvalue weighted by atomic mass is 19.4. The van der Waals surface area contributed by atoms with E-state index in [1.165, 1.54) is 12.1 Å². The molecule has 140 valence electrons. The van der Waals surface area contributed by atoms with Gasteiger partial charge < -0.3 is 20.3 Å². The van der Waals surface area contributed by atoms with Crippen molar-refractivity contribution in [1.82, 2.24) is 9.88 Å². The minimum atomic E-state index is -4.65. The Morgan fingerprint density at radius 3 is 2.46 bits per heavy atom. The Morgan fingerprint density at radius 2 is 1.85 bits per heavy atom. The number of aromatic nitrogens is 1. The molecule has 2 rings (SSSR count). The molecule has 1 aromatic heterocycles. The van der Waals surface area contributed by atoms with Crippen molar-refractivity contribution in [2.45, 2.75) is 18.7 Å². The lowest BCUT2D eigenvalue weighted by Gasteiger charge is -2.14. The number of para-hydroxylation sites is 1. The van der Waals surface area contributed by atoms with E-state index in [1.54, 1.807) is 29.9 Å². The van der Waals surface area contributed by atoms with E-state index in [4.69, 9.17) is 0 Å². The van der Waals surface area contributed by atoms with Crippen LogP contribution in [0.5, 0.6) is 0 Å². The molecule has 0 fully saturated rings. The molecule has 1 heterocycles. The van der Waals surface area contributed by atoms with Gasteiger partial charge in [-0.1, -0.05) is 12.1 Å². The Kier molecular flexibility index (Phi) is 6.04. The molecule has 9 heteroatoms. The molecule has 0 radical (unpaired) electrons. The molecular weight excluding hydrogens is 351 g/mol. The number of carbonyl (C=O) groups excluding carboxylic acids is 2. The summed E-state index contributed by atoms with van der Waals surface area (Å²) in [6, 6.07) is 7.84. The van der Waals surface area contributed by atoms with Crippen LogP contribution in [-0.2, 0) is 22.8 Å². The summed E-state index contributed by atoms with van der Waals surface area (Å²) in [5, 5.41) is 14.2. The molecule has 0 aliphatic heterocycles. The van der Waals surface area contributed by atoms with Crippen molar-refractivity contribution < 1.29 is 27.9 Å². The van der Waals surface area contributed by atoms with E-state index in [0.717, 1.165) is 12.1 Å². The number of hydrogen-bond donors (Lipinski definition) is 3. The Hall–Kier alpha value is -2.81. The number of nitrogens with one attached hydrogen (secondary N) is 2. The first-order chi connectivity index (χ1) is 12.2. The van der Waals surface area contributed by atoms with Gasteiger partial charge in [0.1, 0.15) is 0 Å². The molecule has 0 aliphatic carbocycles. The molecular formula is C17H18F3N3O3. The average Bonchev–Trinajstić information content (AvgIpc) is 3.00. The zero-order chi connectivity index (χ0) is 19.3. The summed E-state index contributed by atoms with van der Waals surface area (Å²) < 4.78 is 40.3. The molecule has 0 saturated carbocycles. The van der Waals surface area contributed by atoms with Crippen molar-refractivity contribution in [2.75, 3.05) is 11.9 Å². The molecule has 1 unspecified atom stereocenters. The normalized spacial score (nSPS) is 12.5. The van der Waals surface area contributed by atoms with Crippen LogP contribution >= 0.6 is 0 Å². The lowest BCUT2D eigenvalue weighted by atomic mass is 10.1. The average molecular weight is 369 g/mol. The highest BCUT2D eigenvalue weighted by molar-refractivity contribution is 6.39. The van der Waals surface area contributed by atoms with E-state index < -0.39 is 35.3 Å². The van der Waals surface area contributed by atoms with Crippen molar-refractivity contribution in [1.29, 1.82) is 0 Å². The number of aliphatic hydroxyl groups is 1. The van der Waals surface area contributed by atoms with E-state index in [0.29, 0.717) is 5.69 Å². The second kappa shape index (κ2) is 8.05. The minimum absolute atomic E-state index is 0.0144. The van der Waals surface area contributed by atoms with Crippen LogP contribution in [0.2, 0.25) is 0 Å².